The van der Waals surface area contributed by atoms with Crippen LogP contribution in [0.4, 0.5) is 0 Å². The van der Waals surface area contributed by atoms with Crippen molar-refractivity contribution >= 4 is 0 Å². The van der Waals surface area contributed by atoms with E-state index in [1.54, 1.807) is 0 Å². The van der Waals surface area contributed by atoms with Crippen molar-refractivity contribution in [3.8, 4) is 0 Å². The zero-order valence-corrected chi connectivity index (χ0v) is 19.7. The van der Waals surface area contributed by atoms with Gasteiger partial charge in [-0.05, 0) is 98.9 Å². The third-order valence-corrected chi connectivity index (χ3v) is 4.99. The van der Waals surface area contributed by atoms with Gasteiger partial charge >= 0.3 is 0 Å². The lowest BCUT2D eigenvalue weighted by molar-refractivity contribution is 0.349. The van der Waals surface area contributed by atoms with Gasteiger partial charge < -0.3 is 14.7 Å². The van der Waals surface area contributed by atoms with Crippen LogP contribution >= 0.6 is 0 Å². The van der Waals surface area contributed by atoms with Crippen molar-refractivity contribution in [1.82, 2.24) is 14.7 Å². The Hall–Kier alpha value is -0.120. The molecule has 0 N–H and O–H groups in total. The molecular weight excluding hydrogens is 318 g/mol. The van der Waals surface area contributed by atoms with Gasteiger partial charge in [-0.1, -0.05) is 53.4 Å². The monoisotopic (exact) mass is 371 g/mol. The van der Waals surface area contributed by atoms with Crippen molar-refractivity contribution in [3.05, 3.63) is 0 Å². The second kappa shape index (κ2) is 22.9. The van der Waals surface area contributed by atoms with Crippen LogP contribution in [0.5, 0.6) is 0 Å². The molecule has 3 saturated heterocycles. The summed E-state index contributed by atoms with van der Waals surface area (Å²) < 4.78 is 0. The highest BCUT2D eigenvalue weighted by atomic mass is 15.1. The van der Waals surface area contributed by atoms with Crippen LogP contribution < -0.4 is 0 Å². The Balaban J connectivity index is 0. The van der Waals surface area contributed by atoms with E-state index in [4.69, 9.17) is 0 Å². The second-order valence-electron chi connectivity index (χ2n) is 7.45. The normalized spacial score (nSPS) is 21.8. The second-order valence-corrected chi connectivity index (χ2v) is 7.45. The maximum Gasteiger partial charge on any atom is -0.00213 e. The fourth-order valence-electron chi connectivity index (χ4n) is 3.33. The van der Waals surface area contributed by atoms with E-state index in [1.165, 1.54) is 103 Å². The Morgan fingerprint density at radius 2 is 0.462 bits per heavy atom. The van der Waals surface area contributed by atoms with Crippen molar-refractivity contribution in [2.45, 2.75) is 91.9 Å². The van der Waals surface area contributed by atoms with Crippen molar-refractivity contribution in [3.63, 3.8) is 0 Å². The molecule has 0 spiro atoms. The highest BCUT2D eigenvalue weighted by Crippen LogP contribution is 2.07. The molecule has 0 aromatic rings. The van der Waals surface area contributed by atoms with Crippen LogP contribution in [-0.2, 0) is 0 Å². The summed E-state index contributed by atoms with van der Waals surface area (Å²) >= 11 is 0. The molecule has 0 radical (unpaired) electrons. The SMILES string of the molecule is CC.CC.CN1CCCC1.CN1CCCCCC1.CN1CCCCCC1. The number of likely N-dealkylation sites (tertiary alicyclic amines) is 3. The Labute approximate surface area is 167 Å². The lowest BCUT2D eigenvalue weighted by Gasteiger charge is -2.10. The van der Waals surface area contributed by atoms with E-state index in [0.29, 0.717) is 0 Å². The van der Waals surface area contributed by atoms with Gasteiger partial charge in [0.05, 0.1) is 0 Å². The fraction of sp³-hybridized carbons (Fsp3) is 1.00. The van der Waals surface area contributed by atoms with Crippen molar-refractivity contribution in [2.75, 3.05) is 60.4 Å². The smallest absolute Gasteiger partial charge is 0.00213 e. The van der Waals surface area contributed by atoms with E-state index < -0.39 is 0 Å². The minimum Gasteiger partial charge on any atom is -0.306 e. The number of rotatable bonds is 0. The first kappa shape index (κ1) is 28.1. The summed E-state index contributed by atoms with van der Waals surface area (Å²) in [5.41, 5.74) is 0. The lowest BCUT2D eigenvalue weighted by Crippen LogP contribution is -2.18. The van der Waals surface area contributed by atoms with E-state index >= 15 is 0 Å². The summed E-state index contributed by atoms with van der Waals surface area (Å²) in [5, 5.41) is 0. The maximum atomic E-state index is 2.42. The van der Waals surface area contributed by atoms with E-state index in [1.807, 2.05) is 27.7 Å². The molecule has 0 aromatic heterocycles. The third-order valence-electron chi connectivity index (χ3n) is 4.99. The number of hydrogen-bond acceptors (Lipinski definition) is 3. The van der Waals surface area contributed by atoms with Gasteiger partial charge in [-0.3, -0.25) is 0 Å². The molecule has 3 rings (SSSR count). The molecule has 3 aliphatic rings. The molecule has 0 saturated carbocycles. The Morgan fingerprint density at radius 3 is 0.615 bits per heavy atom. The molecule has 3 nitrogen and oxygen atoms in total. The zero-order valence-electron chi connectivity index (χ0n) is 19.7. The molecule has 0 aliphatic carbocycles. The molecule has 0 unspecified atom stereocenters. The molecule has 3 heterocycles. The van der Waals surface area contributed by atoms with Crippen LogP contribution in [0.3, 0.4) is 0 Å². The average molecular weight is 372 g/mol. The Bertz CT molecular complexity index is 206. The quantitative estimate of drug-likeness (QED) is 0.537. The first-order valence-electron chi connectivity index (χ1n) is 11.7. The minimum absolute atomic E-state index is 1.32. The molecular formula is C23H53N3. The molecule has 26 heavy (non-hydrogen) atoms. The molecule has 160 valence electrons. The van der Waals surface area contributed by atoms with Gasteiger partial charge in [-0.25, -0.2) is 0 Å². The highest BCUT2D eigenvalue weighted by molar-refractivity contribution is 4.59. The molecule has 3 heteroatoms. The van der Waals surface area contributed by atoms with Gasteiger partial charge in [0, 0.05) is 0 Å². The van der Waals surface area contributed by atoms with Crippen LogP contribution in [-0.4, -0.2) is 75.1 Å². The van der Waals surface area contributed by atoms with Gasteiger partial charge in [-0.2, -0.15) is 0 Å². The highest BCUT2D eigenvalue weighted by Gasteiger charge is 2.03. The van der Waals surface area contributed by atoms with Crippen LogP contribution in [0.1, 0.15) is 91.9 Å². The van der Waals surface area contributed by atoms with Gasteiger partial charge in [0.15, 0.2) is 0 Å². The fourth-order valence-corrected chi connectivity index (χ4v) is 3.33. The molecule has 0 bridgehead atoms. The number of hydrogen-bond donors (Lipinski definition) is 0. The Morgan fingerprint density at radius 1 is 0.308 bits per heavy atom. The summed E-state index contributed by atoms with van der Waals surface area (Å²) in [4.78, 5) is 7.21. The maximum absolute atomic E-state index is 2.42. The standard InChI is InChI=1S/2C7H15N.C5H11N.2C2H6/c2*1-8-6-4-2-3-5-7-8;1-6-4-2-3-5-6;2*1-2/h2*2-7H2,1H3;2-5H2,1H3;2*1-2H3. The van der Waals surface area contributed by atoms with Gasteiger partial charge in [-0.15, -0.1) is 0 Å². The van der Waals surface area contributed by atoms with E-state index in [9.17, 15) is 0 Å². The summed E-state index contributed by atoms with van der Waals surface area (Å²) in [6.07, 6.45) is 14.3. The van der Waals surface area contributed by atoms with Crippen molar-refractivity contribution < 1.29 is 0 Å². The Kier molecular flexibility index (Phi) is 24.8. The van der Waals surface area contributed by atoms with Gasteiger partial charge in [0.1, 0.15) is 0 Å². The molecule has 3 fully saturated rings. The van der Waals surface area contributed by atoms with Gasteiger partial charge in [0.25, 0.3) is 0 Å². The zero-order chi connectivity index (χ0) is 20.0. The first-order valence-corrected chi connectivity index (χ1v) is 11.7. The predicted molar refractivity (Wildman–Crippen MR) is 121 cm³/mol. The summed E-state index contributed by atoms with van der Waals surface area (Å²) in [6, 6.07) is 0. The summed E-state index contributed by atoms with van der Waals surface area (Å²) in [7, 11) is 6.60. The third kappa shape index (κ3) is 20.2. The molecule has 3 aliphatic heterocycles. The summed E-state index contributed by atoms with van der Waals surface area (Å²) in [6.45, 7) is 15.9. The number of nitrogens with zero attached hydrogens (tertiary/aromatic N) is 3. The first-order chi connectivity index (χ1) is 12.7. The van der Waals surface area contributed by atoms with E-state index in [0.717, 1.165) is 0 Å². The van der Waals surface area contributed by atoms with Crippen molar-refractivity contribution in [2.24, 2.45) is 0 Å². The molecule has 0 aromatic carbocycles. The molecule has 0 amide bonds. The lowest BCUT2D eigenvalue weighted by atomic mass is 10.2. The van der Waals surface area contributed by atoms with Crippen LogP contribution in [0, 0.1) is 0 Å². The minimum atomic E-state index is 1.32. The van der Waals surface area contributed by atoms with E-state index in [-0.39, 0.29) is 0 Å². The van der Waals surface area contributed by atoms with Crippen molar-refractivity contribution in [1.29, 1.82) is 0 Å². The summed E-state index contributed by atoms with van der Waals surface area (Å²) in [5.74, 6) is 0. The topological polar surface area (TPSA) is 9.72 Å². The van der Waals surface area contributed by atoms with Crippen LogP contribution in [0.25, 0.3) is 0 Å². The predicted octanol–water partition coefficient (Wildman–Crippen LogP) is 5.75. The van der Waals surface area contributed by atoms with Crippen LogP contribution in [0.2, 0.25) is 0 Å². The average Bonchev–Trinajstić information content (AvgIpc) is 2.89. The molecule has 0 atom stereocenters. The van der Waals surface area contributed by atoms with Gasteiger partial charge in [0.2, 0.25) is 0 Å². The largest absolute Gasteiger partial charge is 0.306 e. The van der Waals surface area contributed by atoms with E-state index in [2.05, 4.69) is 35.8 Å². The van der Waals surface area contributed by atoms with Crippen LogP contribution in [0.15, 0.2) is 0 Å².